The lowest BCUT2D eigenvalue weighted by molar-refractivity contribution is -0.118. The minimum atomic E-state index is -0.302. The van der Waals surface area contributed by atoms with E-state index in [1.54, 1.807) is 67.8 Å². The molecule has 31 heavy (non-hydrogen) atoms. The first-order valence-electron chi connectivity index (χ1n) is 9.60. The maximum atomic E-state index is 12.4. The van der Waals surface area contributed by atoms with Gasteiger partial charge in [-0.25, -0.2) is 0 Å². The van der Waals surface area contributed by atoms with Crippen LogP contribution in [-0.4, -0.2) is 25.5 Å². The van der Waals surface area contributed by atoms with Gasteiger partial charge >= 0.3 is 0 Å². The van der Waals surface area contributed by atoms with E-state index >= 15 is 0 Å². The van der Waals surface area contributed by atoms with Crippen LogP contribution in [0.2, 0.25) is 5.02 Å². The lowest BCUT2D eigenvalue weighted by atomic mass is 10.1. The van der Waals surface area contributed by atoms with Gasteiger partial charge in [0.15, 0.2) is 6.61 Å². The molecule has 3 aromatic rings. The van der Waals surface area contributed by atoms with Crippen LogP contribution in [-0.2, 0) is 4.79 Å². The molecule has 0 bridgehead atoms. The fraction of sp³-hybridized carbons (Fsp3) is 0.167. The molecule has 0 aliphatic rings. The first kappa shape index (κ1) is 22.2. The molecule has 6 nitrogen and oxygen atoms in total. The van der Waals surface area contributed by atoms with Crippen LogP contribution in [0.5, 0.6) is 11.5 Å². The summed E-state index contributed by atoms with van der Waals surface area (Å²) >= 11 is 6.02. The van der Waals surface area contributed by atoms with E-state index in [0.717, 1.165) is 11.1 Å². The summed E-state index contributed by atoms with van der Waals surface area (Å²) in [6, 6.07) is 17.2. The summed E-state index contributed by atoms with van der Waals surface area (Å²) in [5, 5.41) is 6.19. The molecule has 0 fully saturated rings. The van der Waals surface area contributed by atoms with Gasteiger partial charge in [0.1, 0.15) is 11.5 Å². The summed E-state index contributed by atoms with van der Waals surface area (Å²) in [4.78, 5) is 24.6. The SMILES string of the molecule is COc1ccc(NC(=O)c2ccc(NC(=O)COc3c(C)cc(Cl)cc3C)cc2)cc1. The molecule has 2 N–H and O–H groups in total. The molecule has 0 spiro atoms. The summed E-state index contributed by atoms with van der Waals surface area (Å²) in [5.41, 5.74) is 3.43. The number of carbonyl (C=O) groups is 2. The third kappa shape index (κ3) is 5.99. The van der Waals surface area contributed by atoms with Gasteiger partial charge in [-0.2, -0.15) is 0 Å². The summed E-state index contributed by atoms with van der Waals surface area (Å²) < 4.78 is 10.8. The van der Waals surface area contributed by atoms with Crippen LogP contribution < -0.4 is 20.1 Å². The zero-order valence-corrected chi connectivity index (χ0v) is 18.2. The van der Waals surface area contributed by atoms with Crippen LogP contribution in [0, 0.1) is 13.8 Å². The Morgan fingerprint density at radius 1 is 0.871 bits per heavy atom. The van der Waals surface area contributed by atoms with Crippen molar-refractivity contribution in [1.29, 1.82) is 0 Å². The van der Waals surface area contributed by atoms with Gasteiger partial charge in [-0.05, 0) is 85.6 Å². The standard InChI is InChI=1S/C24H23ClN2O4/c1-15-12-18(25)13-16(2)23(15)31-14-22(28)26-19-6-4-17(5-7-19)24(29)27-20-8-10-21(30-3)11-9-20/h4-13H,14H2,1-3H3,(H,26,28)(H,27,29). The third-order valence-electron chi connectivity index (χ3n) is 4.55. The van der Waals surface area contributed by atoms with Gasteiger partial charge in [0, 0.05) is 22.0 Å². The number of hydrogen-bond donors (Lipinski definition) is 2. The molecule has 0 aliphatic heterocycles. The fourth-order valence-corrected chi connectivity index (χ4v) is 3.37. The first-order valence-corrected chi connectivity index (χ1v) is 9.98. The summed E-state index contributed by atoms with van der Waals surface area (Å²) in [6.07, 6.45) is 0. The molecule has 0 aliphatic carbocycles. The number of methoxy groups -OCH3 is 1. The summed E-state index contributed by atoms with van der Waals surface area (Å²) in [7, 11) is 1.58. The van der Waals surface area contributed by atoms with Crippen LogP contribution in [0.4, 0.5) is 11.4 Å². The molecule has 0 heterocycles. The monoisotopic (exact) mass is 438 g/mol. The third-order valence-corrected chi connectivity index (χ3v) is 4.77. The van der Waals surface area contributed by atoms with Gasteiger partial charge in [-0.1, -0.05) is 11.6 Å². The first-order chi connectivity index (χ1) is 14.9. The van der Waals surface area contributed by atoms with Crippen molar-refractivity contribution in [2.45, 2.75) is 13.8 Å². The minimum Gasteiger partial charge on any atom is -0.497 e. The number of amides is 2. The molecule has 0 saturated heterocycles. The lowest BCUT2D eigenvalue weighted by Gasteiger charge is -2.13. The Hall–Kier alpha value is -3.51. The Labute approximate surface area is 186 Å². The molecule has 0 aromatic heterocycles. The van der Waals surface area contributed by atoms with Crippen LogP contribution in [0.1, 0.15) is 21.5 Å². The fourth-order valence-electron chi connectivity index (χ4n) is 3.04. The maximum Gasteiger partial charge on any atom is 0.262 e. The number of aryl methyl sites for hydroxylation is 2. The van der Waals surface area contributed by atoms with Gasteiger partial charge in [0.2, 0.25) is 0 Å². The van der Waals surface area contributed by atoms with Gasteiger partial charge < -0.3 is 20.1 Å². The summed E-state index contributed by atoms with van der Waals surface area (Å²) in [5.74, 6) is 0.804. The van der Waals surface area contributed by atoms with E-state index in [2.05, 4.69) is 10.6 Å². The average molecular weight is 439 g/mol. The number of hydrogen-bond acceptors (Lipinski definition) is 4. The topological polar surface area (TPSA) is 76.7 Å². The van der Waals surface area contributed by atoms with Gasteiger partial charge in [-0.15, -0.1) is 0 Å². The van der Waals surface area contributed by atoms with Crippen LogP contribution in [0.15, 0.2) is 60.7 Å². The minimum absolute atomic E-state index is 0.136. The Morgan fingerprint density at radius 3 is 2.00 bits per heavy atom. The number of anilines is 2. The lowest BCUT2D eigenvalue weighted by Crippen LogP contribution is -2.20. The van der Waals surface area contributed by atoms with Crippen molar-refractivity contribution in [3.05, 3.63) is 82.4 Å². The molecule has 160 valence electrons. The molecular formula is C24H23ClN2O4. The largest absolute Gasteiger partial charge is 0.497 e. The van der Waals surface area contributed by atoms with Crippen molar-refractivity contribution in [2.24, 2.45) is 0 Å². The second-order valence-electron chi connectivity index (χ2n) is 6.97. The highest BCUT2D eigenvalue weighted by Gasteiger charge is 2.10. The smallest absolute Gasteiger partial charge is 0.262 e. The highest BCUT2D eigenvalue weighted by atomic mass is 35.5. The molecule has 0 radical (unpaired) electrons. The Kier molecular flexibility index (Phi) is 7.15. The molecule has 0 saturated carbocycles. The number of ether oxygens (including phenoxy) is 2. The van der Waals surface area contributed by atoms with E-state index in [4.69, 9.17) is 21.1 Å². The van der Waals surface area contributed by atoms with Gasteiger partial charge in [0.05, 0.1) is 7.11 Å². The van der Waals surface area contributed by atoms with Gasteiger partial charge in [0.25, 0.3) is 11.8 Å². The number of rotatable bonds is 7. The van der Waals surface area contributed by atoms with Crippen molar-refractivity contribution in [1.82, 2.24) is 0 Å². The van der Waals surface area contributed by atoms with E-state index < -0.39 is 0 Å². The van der Waals surface area contributed by atoms with Crippen molar-refractivity contribution in [2.75, 3.05) is 24.4 Å². The Morgan fingerprint density at radius 2 is 1.42 bits per heavy atom. The van der Waals surface area contributed by atoms with E-state index in [1.807, 2.05) is 13.8 Å². The van der Waals surface area contributed by atoms with Crippen LogP contribution in [0.3, 0.4) is 0 Å². The Bertz CT molecular complexity index is 1060. The average Bonchev–Trinajstić information content (AvgIpc) is 2.74. The second kappa shape index (κ2) is 10.00. The summed E-state index contributed by atoms with van der Waals surface area (Å²) in [6.45, 7) is 3.62. The number of nitrogens with one attached hydrogen (secondary N) is 2. The van der Waals surface area contributed by atoms with Crippen molar-refractivity contribution in [3.8, 4) is 11.5 Å². The predicted octanol–water partition coefficient (Wildman–Crippen LogP) is 5.24. The van der Waals surface area contributed by atoms with Crippen molar-refractivity contribution in [3.63, 3.8) is 0 Å². The Balaban J connectivity index is 1.54. The normalized spacial score (nSPS) is 10.3. The highest BCUT2D eigenvalue weighted by molar-refractivity contribution is 6.30. The van der Waals surface area contributed by atoms with E-state index in [9.17, 15) is 9.59 Å². The van der Waals surface area contributed by atoms with E-state index in [1.165, 1.54) is 0 Å². The molecular weight excluding hydrogens is 416 g/mol. The second-order valence-corrected chi connectivity index (χ2v) is 7.40. The van der Waals surface area contributed by atoms with Gasteiger partial charge in [-0.3, -0.25) is 9.59 Å². The number of benzene rings is 3. The molecule has 0 atom stereocenters. The zero-order valence-electron chi connectivity index (χ0n) is 17.5. The predicted molar refractivity (Wildman–Crippen MR) is 122 cm³/mol. The molecule has 2 amide bonds. The number of carbonyl (C=O) groups excluding carboxylic acids is 2. The van der Waals surface area contributed by atoms with Crippen molar-refractivity contribution < 1.29 is 19.1 Å². The highest BCUT2D eigenvalue weighted by Crippen LogP contribution is 2.27. The number of halogens is 1. The van der Waals surface area contributed by atoms with Crippen LogP contribution >= 0.6 is 11.6 Å². The molecule has 3 rings (SSSR count). The molecule has 7 heteroatoms. The van der Waals surface area contributed by atoms with Crippen LogP contribution in [0.25, 0.3) is 0 Å². The maximum absolute atomic E-state index is 12.4. The quantitative estimate of drug-likeness (QED) is 0.529. The van der Waals surface area contributed by atoms with Crippen molar-refractivity contribution >= 4 is 34.8 Å². The van der Waals surface area contributed by atoms with E-state index in [0.29, 0.717) is 33.5 Å². The van der Waals surface area contributed by atoms with E-state index in [-0.39, 0.29) is 18.4 Å². The zero-order chi connectivity index (χ0) is 22.4. The molecule has 0 unspecified atom stereocenters. The molecule has 3 aromatic carbocycles.